The molecular formula is C24H9F16NSi. The Balaban J connectivity index is 2.34. The lowest BCUT2D eigenvalue weighted by atomic mass is 9.98. The highest BCUT2D eigenvalue weighted by Crippen LogP contribution is 2.58. The van der Waals surface area contributed by atoms with Gasteiger partial charge in [0.2, 0.25) is 11.6 Å². The van der Waals surface area contributed by atoms with Crippen molar-refractivity contribution in [3.63, 3.8) is 0 Å². The first kappa shape index (κ1) is 31.2. The number of nitrogens with zero attached hydrogens (tertiary/aromatic N) is 1. The molecule has 1 aliphatic carbocycles. The topological polar surface area (TPSA) is 3.24 Å². The lowest BCUT2D eigenvalue weighted by Crippen LogP contribution is -2.45. The summed E-state index contributed by atoms with van der Waals surface area (Å²) in [6.07, 6.45) is 0. The maximum absolute atomic E-state index is 15.5. The molecule has 0 amide bonds. The van der Waals surface area contributed by atoms with E-state index < -0.39 is 134 Å². The number of anilines is 2. The van der Waals surface area contributed by atoms with Gasteiger partial charge in [0.25, 0.3) is 0 Å². The zero-order chi connectivity index (χ0) is 32.1. The summed E-state index contributed by atoms with van der Waals surface area (Å²) in [5, 5.41) is 0. The van der Waals surface area contributed by atoms with Crippen LogP contribution >= 0.6 is 0 Å². The van der Waals surface area contributed by atoms with Crippen LogP contribution in [0.2, 0.25) is 19.6 Å². The number of benzene rings is 3. The van der Waals surface area contributed by atoms with Crippen molar-refractivity contribution < 1.29 is 70.2 Å². The van der Waals surface area contributed by atoms with E-state index in [1.54, 1.807) is 0 Å². The molecule has 0 aromatic heterocycles. The van der Waals surface area contributed by atoms with Gasteiger partial charge in [-0.1, -0.05) is 19.6 Å². The Morgan fingerprint density at radius 1 is 0.429 bits per heavy atom. The molecule has 0 bridgehead atoms. The SMILES string of the molecule is C[Si](C)(C)N(c1c(F)c(F)c(F)c(F)c1-c1c(F)c(F)c(F)c(F)c1F)c1c(F)c(F)c(F)c2c1C(F)(F)C(F)=C2F. The molecule has 1 aliphatic rings. The molecule has 226 valence electrons. The van der Waals surface area contributed by atoms with Crippen molar-refractivity contribution in [2.75, 3.05) is 4.57 Å². The van der Waals surface area contributed by atoms with Gasteiger partial charge in [-0.15, -0.1) is 0 Å². The second kappa shape index (κ2) is 9.67. The number of alkyl halides is 2. The van der Waals surface area contributed by atoms with Crippen LogP contribution in [-0.4, -0.2) is 8.24 Å². The van der Waals surface area contributed by atoms with E-state index in [-0.39, 0.29) is 0 Å². The van der Waals surface area contributed by atoms with Gasteiger partial charge in [0.15, 0.2) is 78.1 Å². The highest BCUT2D eigenvalue weighted by molar-refractivity contribution is 6.81. The molecule has 18 heteroatoms. The van der Waals surface area contributed by atoms with Gasteiger partial charge in [0.1, 0.15) is 0 Å². The predicted molar refractivity (Wildman–Crippen MR) is 116 cm³/mol. The molecule has 0 N–H and O–H groups in total. The van der Waals surface area contributed by atoms with Crippen molar-refractivity contribution >= 4 is 25.4 Å². The second-order valence-electron chi connectivity index (χ2n) is 9.67. The minimum Gasteiger partial charge on any atom is -0.364 e. The Morgan fingerprint density at radius 3 is 1.21 bits per heavy atom. The van der Waals surface area contributed by atoms with E-state index in [0.29, 0.717) is 0 Å². The minimum atomic E-state index is -5.42. The summed E-state index contributed by atoms with van der Waals surface area (Å²) in [4.78, 5) is 0. The smallest absolute Gasteiger partial charge is 0.329 e. The minimum absolute atomic E-state index is 0.391. The number of allylic oxidation sites excluding steroid dienone is 1. The molecule has 4 rings (SSSR count). The first-order valence-electron chi connectivity index (χ1n) is 10.9. The summed E-state index contributed by atoms with van der Waals surface area (Å²) in [7, 11) is -4.32. The first-order valence-corrected chi connectivity index (χ1v) is 14.4. The zero-order valence-corrected chi connectivity index (χ0v) is 21.5. The average Bonchev–Trinajstić information content (AvgIpc) is 3.09. The first-order chi connectivity index (χ1) is 19.1. The van der Waals surface area contributed by atoms with Gasteiger partial charge < -0.3 is 4.57 Å². The van der Waals surface area contributed by atoms with Crippen LogP contribution in [0.5, 0.6) is 0 Å². The molecule has 3 aromatic rings. The van der Waals surface area contributed by atoms with Crippen LogP contribution in [0.4, 0.5) is 81.6 Å². The summed E-state index contributed by atoms with van der Waals surface area (Å²) < 4.78 is 233. The highest BCUT2D eigenvalue weighted by atomic mass is 28.3. The van der Waals surface area contributed by atoms with Crippen molar-refractivity contribution in [1.82, 2.24) is 0 Å². The third kappa shape index (κ3) is 4.00. The lowest BCUT2D eigenvalue weighted by molar-refractivity contribution is 0.0182. The fraction of sp³-hybridized carbons (Fsp3) is 0.167. The summed E-state index contributed by atoms with van der Waals surface area (Å²) in [5.41, 5.74) is -14.2. The third-order valence-electron chi connectivity index (χ3n) is 6.12. The van der Waals surface area contributed by atoms with Crippen LogP contribution in [0.3, 0.4) is 0 Å². The van der Waals surface area contributed by atoms with Crippen LogP contribution in [0, 0.1) is 69.8 Å². The van der Waals surface area contributed by atoms with Crippen molar-refractivity contribution in [1.29, 1.82) is 0 Å². The highest BCUT2D eigenvalue weighted by Gasteiger charge is 2.55. The molecule has 0 unspecified atom stereocenters. The maximum atomic E-state index is 15.5. The summed E-state index contributed by atoms with van der Waals surface area (Å²) >= 11 is 0. The van der Waals surface area contributed by atoms with Gasteiger partial charge in [-0.05, 0) is 0 Å². The predicted octanol–water partition coefficient (Wildman–Crippen LogP) is 9.71. The van der Waals surface area contributed by atoms with E-state index >= 15 is 13.2 Å². The van der Waals surface area contributed by atoms with Crippen molar-refractivity contribution in [2.45, 2.75) is 25.6 Å². The van der Waals surface area contributed by atoms with Gasteiger partial charge in [-0.25, -0.2) is 61.5 Å². The standard InChI is InChI=1S/C24H9F16NSi/c1-42(2,3)41(22-7-6(11(28)16(33)20(22)37)12(29)23(38)24(7,39)40)21-5(10(27)15(32)18(35)19(21)36)4-8(25)13(30)17(34)14(31)9(4)26/h1-3H3. The molecule has 0 radical (unpaired) electrons. The quantitative estimate of drug-likeness (QED) is 0.119. The molecule has 0 fully saturated rings. The van der Waals surface area contributed by atoms with Crippen LogP contribution in [-0.2, 0) is 5.92 Å². The molecule has 1 nitrogen and oxygen atoms in total. The Bertz CT molecular complexity index is 1710. The summed E-state index contributed by atoms with van der Waals surface area (Å²) in [5.74, 6) is -46.0. The van der Waals surface area contributed by atoms with Crippen molar-refractivity contribution in [2.24, 2.45) is 0 Å². The normalized spacial score (nSPS) is 14.6. The van der Waals surface area contributed by atoms with E-state index in [1.807, 2.05) is 0 Å². The number of fused-ring (bicyclic) bond motifs is 1. The van der Waals surface area contributed by atoms with Crippen molar-refractivity contribution in [3.8, 4) is 11.1 Å². The van der Waals surface area contributed by atoms with Gasteiger partial charge in [0, 0.05) is 0 Å². The van der Waals surface area contributed by atoms with E-state index in [1.165, 1.54) is 0 Å². The van der Waals surface area contributed by atoms with Gasteiger partial charge in [-0.3, -0.25) is 0 Å². The van der Waals surface area contributed by atoms with Gasteiger partial charge in [-0.2, -0.15) is 8.78 Å². The largest absolute Gasteiger partial charge is 0.364 e. The average molecular weight is 643 g/mol. The lowest BCUT2D eigenvalue weighted by Gasteiger charge is -2.40. The van der Waals surface area contributed by atoms with Gasteiger partial charge >= 0.3 is 5.92 Å². The van der Waals surface area contributed by atoms with E-state index in [0.717, 1.165) is 19.6 Å². The van der Waals surface area contributed by atoms with Crippen molar-refractivity contribution in [3.05, 3.63) is 86.8 Å². The Morgan fingerprint density at radius 2 is 0.762 bits per heavy atom. The molecule has 3 aromatic carbocycles. The van der Waals surface area contributed by atoms with Gasteiger partial charge in [0.05, 0.1) is 33.6 Å². The Labute approximate surface area is 224 Å². The van der Waals surface area contributed by atoms with E-state index in [4.69, 9.17) is 0 Å². The van der Waals surface area contributed by atoms with E-state index in [9.17, 15) is 57.1 Å². The maximum Gasteiger partial charge on any atom is 0.329 e. The molecule has 0 atom stereocenters. The fourth-order valence-corrected chi connectivity index (χ4v) is 6.15. The van der Waals surface area contributed by atoms with Crippen LogP contribution < -0.4 is 4.57 Å². The summed E-state index contributed by atoms with van der Waals surface area (Å²) in [6.45, 7) is 2.48. The molecule has 0 spiro atoms. The molecular weight excluding hydrogens is 634 g/mol. The zero-order valence-electron chi connectivity index (χ0n) is 20.5. The number of hydrogen-bond donors (Lipinski definition) is 0. The monoisotopic (exact) mass is 643 g/mol. The third-order valence-corrected chi connectivity index (χ3v) is 7.91. The second-order valence-corrected chi connectivity index (χ2v) is 14.5. The number of halogens is 16. The number of hydrogen-bond acceptors (Lipinski definition) is 1. The summed E-state index contributed by atoms with van der Waals surface area (Å²) in [6, 6.07) is 0. The van der Waals surface area contributed by atoms with Crippen LogP contribution in [0.1, 0.15) is 11.1 Å². The van der Waals surface area contributed by atoms with E-state index in [2.05, 4.69) is 0 Å². The Kier molecular flexibility index (Phi) is 7.19. The molecule has 0 heterocycles. The fourth-order valence-electron chi connectivity index (χ4n) is 4.39. The molecule has 0 saturated heterocycles. The Hall–Kier alpha value is -3.70. The van der Waals surface area contributed by atoms with Crippen LogP contribution in [0.15, 0.2) is 5.83 Å². The van der Waals surface area contributed by atoms with Crippen LogP contribution in [0.25, 0.3) is 17.0 Å². The molecule has 0 aliphatic heterocycles. The molecule has 42 heavy (non-hydrogen) atoms. The number of rotatable bonds is 4. The molecule has 0 saturated carbocycles.